The largest absolute Gasteiger partial charge is 0.444 e. The average molecular weight is 382 g/mol. The molecule has 2 aliphatic rings. The summed E-state index contributed by atoms with van der Waals surface area (Å²) in [6.07, 6.45) is 10.3. The summed E-state index contributed by atoms with van der Waals surface area (Å²) in [5.74, 6) is 0.0390. The molecule has 0 aromatic heterocycles. The summed E-state index contributed by atoms with van der Waals surface area (Å²) < 4.78 is 5.15. The lowest BCUT2D eigenvalue weighted by Crippen LogP contribution is -2.34. The van der Waals surface area contributed by atoms with Crippen molar-refractivity contribution in [2.45, 2.75) is 77.7 Å². The fraction of sp³-hybridized carbons (Fsp3) is 0.750. The number of hydrogen-bond acceptors (Lipinski definition) is 5. The van der Waals surface area contributed by atoms with Crippen molar-refractivity contribution >= 4 is 28.8 Å². The number of allylic oxidation sites excluding steroid dienone is 2. The number of ketones is 1. The van der Waals surface area contributed by atoms with Gasteiger partial charge in [-0.1, -0.05) is 38.2 Å². The van der Waals surface area contributed by atoms with Crippen LogP contribution < -0.4 is 5.32 Å². The standard InChI is InChI=1S/C20H31NO4S/c1-20(2,3)25-19(24)21-13-12-15-17(22)16(26-18(15)23)11-7-10-14-8-5-4-6-9-14/h11,14-15H,4-10,12-13H2,1-3H3,(H,21,24)/b16-11-. The lowest BCUT2D eigenvalue weighted by Gasteiger charge is -2.20. The van der Waals surface area contributed by atoms with Gasteiger partial charge >= 0.3 is 6.09 Å². The number of nitrogens with one attached hydrogen (secondary N) is 1. The van der Waals surface area contributed by atoms with Crippen LogP contribution in [0, 0.1) is 11.8 Å². The molecule has 1 atom stereocenters. The first kappa shape index (κ1) is 21.0. The highest BCUT2D eigenvalue weighted by Gasteiger charge is 2.37. The van der Waals surface area contributed by atoms with Crippen LogP contribution in [-0.2, 0) is 14.3 Å². The number of alkyl carbamates (subject to hydrolysis) is 1. The van der Waals surface area contributed by atoms with Crippen LogP contribution in [0.4, 0.5) is 4.79 Å². The molecule has 2 fully saturated rings. The van der Waals surface area contributed by atoms with Crippen molar-refractivity contribution in [2.75, 3.05) is 6.54 Å². The summed E-state index contributed by atoms with van der Waals surface area (Å²) in [4.78, 5) is 36.8. The molecular formula is C20H31NO4S. The average Bonchev–Trinajstić information content (AvgIpc) is 2.82. The van der Waals surface area contributed by atoms with Gasteiger partial charge in [0.05, 0.1) is 10.8 Å². The first-order valence-electron chi connectivity index (χ1n) is 9.69. The lowest BCUT2D eigenvalue weighted by molar-refractivity contribution is -0.124. The minimum atomic E-state index is -0.643. The van der Waals surface area contributed by atoms with Crippen LogP contribution >= 0.6 is 11.8 Å². The zero-order chi connectivity index (χ0) is 19.2. The van der Waals surface area contributed by atoms with Gasteiger partial charge in [-0.05, 0) is 57.7 Å². The molecule has 1 aliphatic heterocycles. The van der Waals surface area contributed by atoms with Gasteiger partial charge in [0, 0.05) is 6.54 Å². The Kier molecular flexibility index (Phi) is 7.74. The topological polar surface area (TPSA) is 72.5 Å². The summed E-state index contributed by atoms with van der Waals surface area (Å²) in [7, 11) is 0. The van der Waals surface area contributed by atoms with Gasteiger partial charge in [-0.15, -0.1) is 0 Å². The quantitative estimate of drug-likeness (QED) is 0.537. The number of thioether (sulfide) groups is 1. The number of amides is 1. The number of rotatable bonds is 6. The molecule has 1 heterocycles. The fourth-order valence-electron chi connectivity index (χ4n) is 3.46. The molecule has 1 amide bonds. The Morgan fingerprint density at radius 2 is 1.88 bits per heavy atom. The molecule has 0 aromatic rings. The monoisotopic (exact) mass is 381 g/mol. The van der Waals surface area contributed by atoms with Crippen LogP contribution in [0.3, 0.4) is 0 Å². The maximum atomic E-state index is 12.4. The van der Waals surface area contributed by atoms with Crippen LogP contribution in [0.5, 0.6) is 0 Å². The maximum Gasteiger partial charge on any atom is 0.407 e. The van der Waals surface area contributed by atoms with Crippen molar-refractivity contribution in [2.24, 2.45) is 11.8 Å². The number of carbonyl (C=O) groups is 3. The van der Waals surface area contributed by atoms with E-state index in [4.69, 9.17) is 4.74 Å². The Balaban J connectivity index is 1.75. The van der Waals surface area contributed by atoms with Gasteiger partial charge < -0.3 is 10.1 Å². The predicted molar refractivity (Wildman–Crippen MR) is 104 cm³/mol. The Hall–Kier alpha value is -1.30. The zero-order valence-corrected chi connectivity index (χ0v) is 17.0. The van der Waals surface area contributed by atoms with Crippen molar-refractivity contribution in [3.05, 3.63) is 11.0 Å². The second-order valence-electron chi connectivity index (χ2n) is 8.21. The third-order valence-electron chi connectivity index (χ3n) is 4.79. The number of Topliss-reactive ketones (excluding diaryl/α,β-unsaturated/α-hetero) is 1. The molecule has 2 rings (SSSR count). The fourth-order valence-corrected chi connectivity index (χ4v) is 4.49. The normalized spacial score (nSPS) is 23.5. The Morgan fingerprint density at radius 3 is 2.54 bits per heavy atom. The van der Waals surface area contributed by atoms with Crippen LogP contribution in [0.1, 0.15) is 72.1 Å². The molecule has 0 radical (unpaired) electrons. The molecule has 0 bridgehead atoms. The van der Waals surface area contributed by atoms with Gasteiger partial charge in [0.1, 0.15) is 5.60 Å². The van der Waals surface area contributed by atoms with Gasteiger partial charge in [-0.25, -0.2) is 4.79 Å². The highest BCUT2D eigenvalue weighted by atomic mass is 32.2. The van der Waals surface area contributed by atoms with Crippen molar-refractivity contribution in [3.63, 3.8) is 0 Å². The van der Waals surface area contributed by atoms with E-state index in [1.165, 1.54) is 32.1 Å². The molecule has 5 nitrogen and oxygen atoms in total. The van der Waals surface area contributed by atoms with Crippen LogP contribution in [0.15, 0.2) is 11.0 Å². The first-order valence-corrected chi connectivity index (χ1v) is 10.5. The molecule has 0 spiro atoms. The van der Waals surface area contributed by atoms with Gasteiger partial charge in [0.15, 0.2) is 5.78 Å². The first-order chi connectivity index (χ1) is 12.3. The summed E-state index contributed by atoms with van der Waals surface area (Å²) >= 11 is 1.07. The van der Waals surface area contributed by atoms with Gasteiger partial charge in [0.2, 0.25) is 5.12 Å². The van der Waals surface area contributed by atoms with Gasteiger partial charge in [-0.2, -0.15) is 0 Å². The molecule has 26 heavy (non-hydrogen) atoms. The number of carbonyl (C=O) groups excluding carboxylic acids is 3. The second kappa shape index (κ2) is 9.58. The van der Waals surface area contributed by atoms with Crippen LogP contribution in [-0.4, -0.2) is 29.1 Å². The van der Waals surface area contributed by atoms with Crippen molar-refractivity contribution in [3.8, 4) is 0 Å². The van der Waals surface area contributed by atoms with E-state index < -0.39 is 17.6 Å². The van der Waals surface area contributed by atoms with E-state index in [2.05, 4.69) is 5.32 Å². The third-order valence-corrected chi connectivity index (χ3v) is 5.86. The SMILES string of the molecule is CC(C)(C)OC(=O)NCCC1C(=O)S/C(=C\CCC2CCCCC2)C1=O. The van der Waals surface area contributed by atoms with E-state index in [1.54, 1.807) is 20.8 Å². The highest BCUT2D eigenvalue weighted by molar-refractivity contribution is 8.18. The minimum Gasteiger partial charge on any atom is -0.444 e. The highest BCUT2D eigenvalue weighted by Crippen LogP contribution is 2.36. The van der Waals surface area contributed by atoms with Crippen LogP contribution in [0.2, 0.25) is 0 Å². The Morgan fingerprint density at radius 1 is 1.19 bits per heavy atom. The molecule has 1 saturated heterocycles. The molecule has 1 unspecified atom stereocenters. The lowest BCUT2D eigenvalue weighted by atomic mass is 9.86. The van der Waals surface area contributed by atoms with E-state index >= 15 is 0 Å². The van der Waals surface area contributed by atoms with E-state index in [0.29, 0.717) is 11.3 Å². The number of hydrogen-bond donors (Lipinski definition) is 1. The molecule has 146 valence electrons. The second-order valence-corrected chi connectivity index (χ2v) is 9.25. The van der Waals surface area contributed by atoms with Crippen molar-refractivity contribution in [1.29, 1.82) is 0 Å². The summed E-state index contributed by atoms with van der Waals surface area (Å²) in [6.45, 7) is 5.62. The van der Waals surface area contributed by atoms with E-state index in [1.807, 2.05) is 6.08 Å². The molecule has 1 saturated carbocycles. The Bertz CT molecular complexity index is 559. The summed E-state index contributed by atoms with van der Waals surface area (Å²) in [5.41, 5.74) is -0.562. The van der Waals surface area contributed by atoms with E-state index in [-0.39, 0.29) is 17.4 Å². The molecule has 1 aliphatic carbocycles. The molecule has 6 heteroatoms. The minimum absolute atomic E-state index is 0.0883. The van der Waals surface area contributed by atoms with Gasteiger partial charge in [-0.3, -0.25) is 9.59 Å². The summed E-state index contributed by atoms with van der Waals surface area (Å²) in [5, 5.41) is 2.51. The van der Waals surface area contributed by atoms with Crippen LogP contribution in [0.25, 0.3) is 0 Å². The van der Waals surface area contributed by atoms with Gasteiger partial charge in [0.25, 0.3) is 0 Å². The predicted octanol–water partition coefficient (Wildman–Crippen LogP) is 4.60. The van der Waals surface area contributed by atoms with E-state index in [0.717, 1.165) is 30.5 Å². The molecule has 0 aromatic carbocycles. The maximum absolute atomic E-state index is 12.4. The summed E-state index contributed by atoms with van der Waals surface area (Å²) in [6, 6.07) is 0. The molecular weight excluding hydrogens is 350 g/mol. The van der Waals surface area contributed by atoms with E-state index in [9.17, 15) is 14.4 Å². The zero-order valence-electron chi connectivity index (χ0n) is 16.1. The van der Waals surface area contributed by atoms with Crippen molar-refractivity contribution < 1.29 is 19.1 Å². The third kappa shape index (κ3) is 6.78. The smallest absolute Gasteiger partial charge is 0.407 e. The molecule has 1 N–H and O–H groups in total. The number of ether oxygens (including phenoxy) is 1. The Labute approximate surface area is 160 Å². The van der Waals surface area contributed by atoms with Crippen molar-refractivity contribution in [1.82, 2.24) is 5.32 Å².